The minimum Gasteiger partial charge on any atom is -0.465 e. The lowest BCUT2D eigenvalue weighted by Crippen LogP contribution is -2.50. The van der Waals surface area contributed by atoms with Crippen molar-refractivity contribution in [3.05, 3.63) is 0 Å². The highest BCUT2D eigenvalue weighted by Crippen LogP contribution is 2.22. The van der Waals surface area contributed by atoms with Gasteiger partial charge in [-0.3, -0.25) is 9.69 Å². The number of carbonyl (C=O) groups excluding carboxylic acids is 1. The van der Waals surface area contributed by atoms with Crippen LogP contribution in [0.25, 0.3) is 0 Å². The van der Waals surface area contributed by atoms with Gasteiger partial charge in [0.2, 0.25) is 0 Å². The molecule has 1 saturated heterocycles. The van der Waals surface area contributed by atoms with Crippen molar-refractivity contribution in [1.82, 2.24) is 4.90 Å². The Morgan fingerprint density at radius 3 is 2.56 bits per heavy atom. The fourth-order valence-electron chi connectivity index (χ4n) is 2.38. The van der Waals surface area contributed by atoms with Gasteiger partial charge in [-0.1, -0.05) is 6.92 Å². The zero-order valence-corrected chi connectivity index (χ0v) is 11.6. The normalized spacial score (nSPS) is 20.7. The molecule has 0 aliphatic carbocycles. The molecule has 1 fully saturated rings. The van der Waals surface area contributed by atoms with E-state index in [-0.39, 0.29) is 12.0 Å². The molecule has 1 heterocycles. The Hall–Kier alpha value is -0.650. The van der Waals surface area contributed by atoms with E-state index >= 15 is 0 Å². The third-order valence-electron chi connectivity index (χ3n) is 3.44. The topological polar surface area (TPSA) is 59.0 Å². The maximum atomic E-state index is 11.8. The molecule has 1 aliphatic heterocycles. The number of hydrogen-bond donors (Lipinski definition) is 1. The molecular formula is C13H25NO4. The van der Waals surface area contributed by atoms with Gasteiger partial charge in [0.25, 0.3) is 0 Å². The zero-order valence-electron chi connectivity index (χ0n) is 11.6. The SMILES string of the molecule is CCOC(=O)C(CC)N(C)CC1(O)CCOCC1. The fourth-order valence-corrected chi connectivity index (χ4v) is 2.38. The van der Waals surface area contributed by atoms with E-state index in [0.717, 1.165) is 0 Å². The summed E-state index contributed by atoms with van der Waals surface area (Å²) in [6.45, 7) is 5.79. The van der Waals surface area contributed by atoms with Crippen molar-refractivity contribution in [3.63, 3.8) is 0 Å². The first kappa shape index (κ1) is 15.4. The third-order valence-corrected chi connectivity index (χ3v) is 3.44. The lowest BCUT2D eigenvalue weighted by molar-refractivity contribution is -0.151. The molecule has 1 rings (SSSR count). The number of nitrogens with zero attached hydrogens (tertiary/aromatic N) is 1. The molecule has 0 aromatic carbocycles. The van der Waals surface area contributed by atoms with Crippen molar-refractivity contribution in [2.24, 2.45) is 0 Å². The molecule has 0 radical (unpaired) electrons. The van der Waals surface area contributed by atoms with Gasteiger partial charge >= 0.3 is 5.97 Å². The highest BCUT2D eigenvalue weighted by molar-refractivity contribution is 5.75. The second-order valence-electron chi connectivity index (χ2n) is 4.93. The Labute approximate surface area is 109 Å². The van der Waals surface area contributed by atoms with Crippen LogP contribution in [0.2, 0.25) is 0 Å². The van der Waals surface area contributed by atoms with E-state index in [1.165, 1.54) is 0 Å². The van der Waals surface area contributed by atoms with Gasteiger partial charge in [0.1, 0.15) is 6.04 Å². The first-order chi connectivity index (χ1) is 8.52. The second kappa shape index (κ2) is 7.07. The maximum absolute atomic E-state index is 11.8. The van der Waals surface area contributed by atoms with Gasteiger partial charge in [0, 0.05) is 32.6 Å². The summed E-state index contributed by atoms with van der Waals surface area (Å²) in [5.41, 5.74) is -0.743. The Morgan fingerprint density at radius 2 is 2.06 bits per heavy atom. The molecule has 18 heavy (non-hydrogen) atoms. The molecule has 0 bridgehead atoms. The van der Waals surface area contributed by atoms with E-state index in [2.05, 4.69) is 0 Å². The predicted molar refractivity (Wildman–Crippen MR) is 68.3 cm³/mol. The molecule has 5 nitrogen and oxygen atoms in total. The first-order valence-electron chi connectivity index (χ1n) is 6.69. The molecule has 1 unspecified atom stereocenters. The van der Waals surface area contributed by atoms with E-state index in [4.69, 9.17) is 9.47 Å². The van der Waals surface area contributed by atoms with Gasteiger partial charge < -0.3 is 14.6 Å². The average molecular weight is 259 g/mol. The molecule has 1 aliphatic rings. The number of aliphatic hydroxyl groups is 1. The van der Waals surface area contributed by atoms with E-state index in [0.29, 0.717) is 45.6 Å². The van der Waals surface area contributed by atoms with Crippen LogP contribution in [0.15, 0.2) is 0 Å². The fraction of sp³-hybridized carbons (Fsp3) is 0.923. The highest BCUT2D eigenvalue weighted by Gasteiger charge is 2.34. The Kier molecular flexibility index (Phi) is 6.05. The van der Waals surface area contributed by atoms with Crippen molar-refractivity contribution < 1.29 is 19.4 Å². The largest absolute Gasteiger partial charge is 0.465 e. The van der Waals surface area contributed by atoms with Crippen LogP contribution in [0.3, 0.4) is 0 Å². The lowest BCUT2D eigenvalue weighted by Gasteiger charge is -2.37. The Morgan fingerprint density at radius 1 is 1.44 bits per heavy atom. The number of esters is 1. The van der Waals surface area contributed by atoms with E-state index in [1.54, 1.807) is 6.92 Å². The number of likely N-dealkylation sites (N-methyl/N-ethyl adjacent to an activating group) is 1. The average Bonchev–Trinajstić information content (AvgIpc) is 2.30. The van der Waals surface area contributed by atoms with Gasteiger partial charge in [0.05, 0.1) is 12.2 Å². The van der Waals surface area contributed by atoms with Crippen LogP contribution in [-0.4, -0.2) is 61.0 Å². The standard InChI is InChI=1S/C13H25NO4/c1-4-11(12(15)18-5-2)14(3)10-13(16)6-8-17-9-7-13/h11,16H,4-10H2,1-3H3. The lowest BCUT2D eigenvalue weighted by atomic mass is 9.93. The summed E-state index contributed by atoms with van der Waals surface area (Å²) in [6, 6.07) is -0.281. The summed E-state index contributed by atoms with van der Waals surface area (Å²) in [6.07, 6.45) is 1.93. The molecule has 1 N–H and O–H groups in total. The molecule has 0 aromatic heterocycles. The van der Waals surface area contributed by atoms with Gasteiger partial charge in [0.15, 0.2) is 0 Å². The van der Waals surface area contributed by atoms with Gasteiger partial charge in [-0.15, -0.1) is 0 Å². The minimum atomic E-state index is -0.743. The van der Waals surface area contributed by atoms with E-state index in [1.807, 2.05) is 18.9 Å². The zero-order chi connectivity index (χ0) is 13.6. The molecular weight excluding hydrogens is 234 g/mol. The number of hydrogen-bond acceptors (Lipinski definition) is 5. The Bertz CT molecular complexity index is 264. The van der Waals surface area contributed by atoms with Gasteiger partial charge in [-0.2, -0.15) is 0 Å². The van der Waals surface area contributed by atoms with Gasteiger partial charge in [-0.25, -0.2) is 0 Å². The van der Waals surface area contributed by atoms with Crippen LogP contribution in [0.1, 0.15) is 33.1 Å². The molecule has 0 spiro atoms. The molecule has 0 aromatic rings. The quantitative estimate of drug-likeness (QED) is 0.715. The number of rotatable bonds is 6. The van der Waals surface area contributed by atoms with Crippen molar-refractivity contribution in [1.29, 1.82) is 0 Å². The summed E-state index contributed by atoms with van der Waals surface area (Å²) in [7, 11) is 1.86. The molecule has 0 saturated carbocycles. The summed E-state index contributed by atoms with van der Waals surface area (Å²) < 4.78 is 10.3. The van der Waals surface area contributed by atoms with Crippen LogP contribution >= 0.6 is 0 Å². The number of carbonyl (C=O) groups is 1. The summed E-state index contributed by atoms with van der Waals surface area (Å²) in [4.78, 5) is 13.7. The Balaban J connectivity index is 2.55. The smallest absolute Gasteiger partial charge is 0.323 e. The summed E-state index contributed by atoms with van der Waals surface area (Å²) in [5, 5.41) is 10.4. The predicted octanol–water partition coefficient (Wildman–Crippen LogP) is 0.801. The van der Waals surface area contributed by atoms with Crippen molar-refractivity contribution in [3.8, 4) is 0 Å². The molecule has 5 heteroatoms. The van der Waals surface area contributed by atoms with Crippen LogP contribution in [0.5, 0.6) is 0 Å². The van der Waals surface area contributed by atoms with E-state index in [9.17, 15) is 9.90 Å². The molecule has 106 valence electrons. The summed E-state index contributed by atoms with van der Waals surface area (Å²) in [5.74, 6) is -0.210. The van der Waals surface area contributed by atoms with Crippen molar-refractivity contribution >= 4 is 5.97 Å². The van der Waals surface area contributed by atoms with Crippen molar-refractivity contribution in [2.75, 3.05) is 33.4 Å². The van der Waals surface area contributed by atoms with Crippen LogP contribution in [0, 0.1) is 0 Å². The first-order valence-corrected chi connectivity index (χ1v) is 6.69. The van der Waals surface area contributed by atoms with Gasteiger partial charge in [-0.05, 0) is 20.4 Å². The maximum Gasteiger partial charge on any atom is 0.323 e. The monoisotopic (exact) mass is 259 g/mol. The van der Waals surface area contributed by atoms with Crippen LogP contribution < -0.4 is 0 Å². The molecule has 1 atom stereocenters. The van der Waals surface area contributed by atoms with Crippen molar-refractivity contribution in [2.45, 2.75) is 44.8 Å². The highest BCUT2D eigenvalue weighted by atomic mass is 16.5. The summed E-state index contributed by atoms with van der Waals surface area (Å²) >= 11 is 0. The third kappa shape index (κ3) is 4.23. The minimum absolute atomic E-state index is 0.210. The second-order valence-corrected chi connectivity index (χ2v) is 4.93. The van der Waals surface area contributed by atoms with Crippen LogP contribution in [0.4, 0.5) is 0 Å². The van der Waals surface area contributed by atoms with Crippen LogP contribution in [-0.2, 0) is 14.3 Å². The molecule has 0 amide bonds. The number of ether oxygens (including phenoxy) is 2. The van der Waals surface area contributed by atoms with E-state index < -0.39 is 5.60 Å².